The Labute approximate surface area is 128 Å². The minimum Gasteiger partial charge on any atom is -0.493 e. The summed E-state index contributed by atoms with van der Waals surface area (Å²) in [5, 5.41) is 11.2. The van der Waals surface area contributed by atoms with Crippen LogP contribution in [0.15, 0.2) is 18.2 Å². The fraction of sp³-hybridized carbons (Fsp3) is 0.684. The molecule has 0 aromatic heterocycles. The van der Waals surface area contributed by atoms with Crippen LogP contribution in [0.2, 0.25) is 0 Å². The summed E-state index contributed by atoms with van der Waals surface area (Å²) in [7, 11) is 0. The van der Waals surface area contributed by atoms with E-state index in [0.717, 1.165) is 50.0 Å². The van der Waals surface area contributed by atoms with Crippen molar-refractivity contribution < 1.29 is 9.84 Å². The van der Waals surface area contributed by atoms with Crippen LogP contribution in [0.4, 0.5) is 0 Å². The van der Waals surface area contributed by atoms with Crippen molar-refractivity contribution in [3.05, 3.63) is 29.3 Å². The lowest BCUT2D eigenvalue weighted by Gasteiger charge is -2.31. The molecular formula is C19H28O2. The summed E-state index contributed by atoms with van der Waals surface area (Å²) in [6.45, 7) is 7.77. The second-order valence-electron chi connectivity index (χ2n) is 7.95. The zero-order valence-corrected chi connectivity index (χ0v) is 13.6. The van der Waals surface area contributed by atoms with Gasteiger partial charge in [0.1, 0.15) is 5.75 Å². The van der Waals surface area contributed by atoms with Gasteiger partial charge in [-0.2, -0.15) is 0 Å². The average molecular weight is 288 g/mol. The van der Waals surface area contributed by atoms with Gasteiger partial charge < -0.3 is 9.84 Å². The van der Waals surface area contributed by atoms with Crippen molar-refractivity contribution in [3.63, 3.8) is 0 Å². The maximum absolute atomic E-state index is 11.2. The molecule has 0 saturated heterocycles. The molecule has 0 bridgehead atoms. The third-order valence-electron chi connectivity index (χ3n) is 5.50. The first-order chi connectivity index (χ1) is 9.88. The topological polar surface area (TPSA) is 29.5 Å². The van der Waals surface area contributed by atoms with Crippen LogP contribution < -0.4 is 4.74 Å². The first-order valence-corrected chi connectivity index (χ1v) is 8.37. The van der Waals surface area contributed by atoms with Crippen LogP contribution in [0.5, 0.6) is 5.75 Å². The van der Waals surface area contributed by atoms with Gasteiger partial charge >= 0.3 is 0 Å². The van der Waals surface area contributed by atoms with Crippen molar-refractivity contribution in [2.45, 2.75) is 64.9 Å². The Kier molecular flexibility index (Phi) is 3.77. The zero-order chi connectivity index (χ0) is 15.1. The van der Waals surface area contributed by atoms with E-state index in [2.05, 4.69) is 32.9 Å². The Morgan fingerprint density at radius 3 is 2.76 bits per heavy atom. The van der Waals surface area contributed by atoms with Gasteiger partial charge in [-0.05, 0) is 66.7 Å². The summed E-state index contributed by atoms with van der Waals surface area (Å²) in [5.41, 5.74) is 2.06. The predicted octanol–water partition coefficient (Wildman–Crippen LogP) is 4.44. The van der Waals surface area contributed by atoms with E-state index in [-0.39, 0.29) is 0 Å². The van der Waals surface area contributed by atoms with Crippen LogP contribution in [-0.4, -0.2) is 11.7 Å². The summed E-state index contributed by atoms with van der Waals surface area (Å²) in [6.07, 6.45) is 6.22. The van der Waals surface area contributed by atoms with Gasteiger partial charge in [-0.25, -0.2) is 0 Å². The van der Waals surface area contributed by atoms with Gasteiger partial charge in [-0.15, -0.1) is 0 Å². The number of hydrogen-bond acceptors (Lipinski definition) is 2. The van der Waals surface area contributed by atoms with Gasteiger partial charge in [-0.1, -0.05) is 26.8 Å². The van der Waals surface area contributed by atoms with Gasteiger partial charge in [-0.3, -0.25) is 0 Å². The van der Waals surface area contributed by atoms with Crippen molar-refractivity contribution in [2.24, 2.45) is 11.3 Å². The highest BCUT2D eigenvalue weighted by molar-refractivity contribution is 5.41. The second-order valence-corrected chi connectivity index (χ2v) is 7.95. The van der Waals surface area contributed by atoms with Gasteiger partial charge in [0.25, 0.3) is 0 Å². The van der Waals surface area contributed by atoms with Crippen molar-refractivity contribution >= 4 is 0 Å². The summed E-state index contributed by atoms with van der Waals surface area (Å²) < 4.78 is 5.58. The fourth-order valence-electron chi connectivity index (χ4n) is 3.95. The van der Waals surface area contributed by atoms with E-state index in [1.807, 2.05) is 6.07 Å². The Morgan fingerprint density at radius 1 is 1.19 bits per heavy atom. The number of hydrogen-bond donors (Lipinski definition) is 1. The molecule has 21 heavy (non-hydrogen) atoms. The average Bonchev–Trinajstić information content (AvgIpc) is 2.78. The Hall–Kier alpha value is -1.02. The summed E-state index contributed by atoms with van der Waals surface area (Å²) >= 11 is 0. The Bertz CT molecular complexity index is 515. The standard InChI is InChI=1S/C19H28O2/c1-18(2,3)15-5-4-10-19(20,11-8-15)16-6-7-17-14(13-16)9-12-21-17/h6-7,13,15,20H,4-5,8-12H2,1-3H3. The van der Waals surface area contributed by atoms with Crippen LogP contribution in [0.3, 0.4) is 0 Å². The molecule has 1 fully saturated rings. The van der Waals surface area contributed by atoms with E-state index in [9.17, 15) is 5.11 Å². The molecule has 2 nitrogen and oxygen atoms in total. The smallest absolute Gasteiger partial charge is 0.122 e. The number of fused-ring (bicyclic) bond motifs is 1. The summed E-state index contributed by atoms with van der Waals surface area (Å²) in [5.74, 6) is 1.72. The van der Waals surface area contributed by atoms with Gasteiger partial charge in [0, 0.05) is 6.42 Å². The first kappa shape index (κ1) is 14.9. The third-order valence-corrected chi connectivity index (χ3v) is 5.50. The van der Waals surface area contributed by atoms with Crippen LogP contribution in [0, 0.1) is 11.3 Å². The van der Waals surface area contributed by atoms with E-state index < -0.39 is 5.60 Å². The molecule has 0 radical (unpaired) electrons. The molecule has 1 heterocycles. The highest BCUT2D eigenvalue weighted by Crippen LogP contribution is 2.44. The SMILES string of the molecule is CC(C)(C)C1CCCC(O)(c2ccc3c(c2)CCO3)CC1. The number of rotatable bonds is 1. The molecule has 1 aliphatic heterocycles. The van der Waals surface area contributed by atoms with Gasteiger partial charge in [0.05, 0.1) is 12.2 Å². The lowest BCUT2D eigenvalue weighted by Crippen LogP contribution is -2.26. The molecule has 2 heteroatoms. The minimum atomic E-state index is -0.641. The van der Waals surface area contributed by atoms with E-state index in [4.69, 9.17) is 4.74 Å². The van der Waals surface area contributed by atoms with Crippen molar-refractivity contribution in [2.75, 3.05) is 6.61 Å². The van der Waals surface area contributed by atoms with E-state index in [1.165, 1.54) is 12.0 Å². The molecule has 116 valence electrons. The van der Waals surface area contributed by atoms with Crippen LogP contribution in [0.1, 0.15) is 64.0 Å². The highest BCUT2D eigenvalue weighted by atomic mass is 16.5. The van der Waals surface area contributed by atoms with Crippen LogP contribution >= 0.6 is 0 Å². The van der Waals surface area contributed by atoms with Gasteiger partial charge in [0.15, 0.2) is 0 Å². The zero-order valence-electron chi connectivity index (χ0n) is 13.6. The van der Waals surface area contributed by atoms with E-state index >= 15 is 0 Å². The molecule has 1 aromatic carbocycles. The van der Waals surface area contributed by atoms with Crippen molar-refractivity contribution in [1.29, 1.82) is 0 Å². The molecule has 2 atom stereocenters. The quantitative estimate of drug-likeness (QED) is 0.774. The van der Waals surface area contributed by atoms with Crippen LogP contribution in [0.25, 0.3) is 0 Å². The minimum absolute atomic E-state index is 0.344. The predicted molar refractivity (Wildman–Crippen MR) is 85.6 cm³/mol. The molecule has 2 aliphatic rings. The lowest BCUT2D eigenvalue weighted by molar-refractivity contribution is 0.0179. The summed E-state index contributed by atoms with van der Waals surface area (Å²) in [4.78, 5) is 0. The molecule has 3 rings (SSSR count). The Morgan fingerprint density at radius 2 is 2.00 bits per heavy atom. The maximum Gasteiger partial charge on any atom is 0.122 e. The molecule has 1 aliphatic carbocycles. The molecule has 0 amide bonds. The van der Waals surface area contributed by atoms with Crippen molar-refractivity contribution in [1.82, 2.24) is 0 Å². The highest BCUT2D eigenvalue weighted by Gasteiger charge is 2.36. The number of aliphatic hydroxyl groups is 1. The Balaban J connectivity index is 1.81. The molecule has 2 unspecified atom stereocenters. The maximum atomic E-state index is 11.2. The van der Waals surface area contributed by atoms with Crippen molar-refractivity contribution in [3.8, 4) is 5.75 Å². The van der Waals surface area contributed by atoms with E-state index in [0.29, 0.717) is 11.3 Å². The third kappa shape index (κ3) is 2.96. The monoisotopic (exact) mass is 288 g/mol. The van der Waals surface area contributed by atoms with Gasteiger partial charge in [0.2, 0.25) is 0 Å². The fourth-order valence-corrected chi connectivity index (χ4v) is 3.95. The lowest BCUT2D eigenvalue weighted by atomic mass is 9.76. The molecule has 0 spiro atoms. The largest absolute Gasteiger partial charge is 0.493 e. The molecule has 1 aromatic rings. The number of benzene rings is 1. The summed E-state index contributed by atoms with van der Waals surface area (Å²) in [6, 6.07) is 6.29. The molecule has 1 N–H and O–H groups in total. The first-order valence-electron chi connectivity index (χ1n) is 8.37. The number of ether oxygens (including phenoxy) is 1. The normalized spacial score (nSPS) is 29.6. The second kappa shape index (κ2) is 5.31. The molecule has 1 saturated carbocycles. The van der Waals surface area contributed by atoms with Crippen LogP contribution in [-0.2, 0) is 12.0 Å². The molecular weight excluding hydrogens is 260 g/mol. The van der Waals surface area contributed by atoms with E-state index in [1.54, 1.807) is 0 Å².